The number of nitrogen functional groups attached to an aromatic ring is 1. The number of amides is 1. The van der Waals surface area contributed by atoms with E-state index < -0.39 is 0 Å². The second-order valence-corrected chi connectivity index (χ2v) is 6.04. The number of nitrogens with one attached hydrogen (secondary N) is 1. The summed E-state index contributed by atoms with van der Waals surface area (Å²) in [5, 5.41) is 7.00. The van der Waals surface area contributed by atoms with E-state index in [0.717, 1.165) is 31.6 Å². The van der Waals surface area contributed by atoms with Gasteiger partial charge in [0.15, 0.2) is 5.69 Å². The molecule has 0 atom stereocenters. The van der Waals surface area contributed by atoms with Gasteiger partial charge in [-0.15, -0.1) is 0 Å². The van der Waals surface area contributed by atoms with Crippen molar-refractivity contribution in [2.75, 3.05) is 32.9 Å². The van der Waals surface area contributed by atoms with Gasteiger partial charge >= 0.3 is 0 Å². The molecule has 0 spiro atoms. The van der Waals surface area contributed by atoms with Crippen LogP contribution in [-0.2, 0) is 0 Å². The predicted molar refractivity (Wildman–Crippen MR) is 79.7 cm³/mol. The summed E-state index contributed by atoms with van der Waals surface area (Å²) in [5.41, 5.74) is 7.75. The lowest BCUT2D eigenvalue weighted by atomic mass is 10.0. The number of H-pyrrole nitrogens is 1. The quantitative estimate of drug-likeness (QED) is 0.873. The number of piperidine rings is 1. The number of anilines is 1. The van der Waals surface area contributed by atoms with Gasteiger partial charge in [-0.2, -0.15) is 5.10 Å². The molecule has 6 heteroatoms. The molecule has 1 saturated heterocycles. The van der Waals surface area contributed by atoms with Crippen molar-refractivity contribution in [1.29, 1.82) is 0 Å². The van der Waals surface area contributed by atoms with Gasteiger partial charge < -0.3 is 15.5 Å². The summed E-state index contributed by atoms with van der Waals surface area (Å²) in [7, 11) is 4.17. The third-order valence-electron chi connectivity index (χ3n) is 4.10. The van der Waals surface area contributed by atoms with E-state index in [2.05, 4.69) is 29.2 Å². The van der Waals surface area contributed by atoms with Crippen LogP contribution in [0.4, 0.5) is 5.69 Å². The molecule has 1 aliphatic heterocycles. The fraction of sp³-hybridized carbons (Fsp3) is 0.714. The van der Waals surface area contributed by atoms with Crippen LogP contribution >= 0.6 is 0 Å². The molecule has 0 aromatic carbocycles. The molecular weight excluding hydrogens is 254 g/mol. The summed E-state index contributed by atoms with van der Waals surface area (Å²) in [6, 6.07) is 0.557. The van der Waals surface area contributed by atoms with E-state index in [9.17, 15) is 4.79 Å². The van der Waals surface area contributed by atoms with Gasteiger partial charge in [0.05, 0.1) is 11.4 Å². The topological polar surface area (TPSA) is 78.2 Å². The highest BCUT2D eigenvalue weighted by molar-refractivity contribution is 5.97. The number of likely N-dealkylation sites (tertiary alicyclic amines) is 1. The lowest BCUT2D eigenvalue weighted by molar-refractivity contribution is 0.0658. The summed E-state index contributed by atoms with van der Waals surface area (Å²) in [6.45, 7) is 5.59. The maximum atomic E-state index is 12.5. The van der Waals surface area contributed by atoms with Gasteiger partial charge in [-0.3, -0.25) is 9.89 Å². The van der Waals surface area contributed by atoms with E-state index in [-0.39, 0.29) is 11.8 Å². The Bertz CT molecular complexity index is 472. The zero-order valence-electron chi connectivity index (χ0n) is 12.8. The normalized spacial score (nSPS) is 17.2. The van der Waals surface area contributed by atoms with E-state index in [1.165, 1.54) is 0 Å². The Morgan fingerprint density at radius 3 is 2.45 bits per heavy atom. The second kappa shape index (κ2) is 5.83. The van der Waals surface area contributed by atoms with Crippen LogP contribution < -0.4 is 5.73 Å². The standard InChI is InChI=1S/C14H25N5O/c1-9(2)12-11(15)13(17-16-12)14(20)19-7-5-10(6-8-19)18(3)4/h9-10H,5-8,15H2,1-4H3,(H,16,17). The Morgan fingerprint density at radius 1 is 1.40 bits per heavy atom. The predicted octanol–water partition coefficient (Wildman–Crippen LogP) is 1.28. The molecule has 6 nitrogen and oxygen atoms in total. The first-order chi connectivity index (χ1) is 9.41. The summed E-state index contributed by atoms with van der Waals surface area (Å²) in [6.07, 6.45) is 2.00. The molecule has 2 rings (SSSR count). The molecule has 1 aliphatic rings. The SMILES string of the molecule is CC(C)c1[nH]nc(C(=O)N2CCC(N(C)C)CC2)c1N. The lowest BCUT2D eigenvalue weighted by Gasteiger charge is -2.34. The van der Waals surface area contributed by atoms with Crippen LogP contribution in [0.2, 0.25) is 0 Å². The van der Waals surface area contributed by atoms with Crippen LogP contribution in [0.3, 0.4) is 0 Å². The van der Waals surface area contributed by atoms with E-state index in [1.807, 2.05) is 18.7 Å². The van der Waals surface area contributed by atoms with Gasteiger partial charge in [-0.25, -0.2) is 0 Å². The van der Waals surface area contributed by atoms with E-state index in [0.29, 0.717) is 17.4 Å². The van der Waals surface area contributed by atoms with Gasteiger partial charge in [0, 0.05) is 19.1 Å². The minimum Gasteiger partial charge on any atom is -0.395 e. The third-order valence-corrected chi connectivity index (χ3v) is 4.10. The Kier molecular flexibility index (Phi) is 4.32. The monoisotopic (exact) mass is 279 g/mol. The fourth-order valence-corrected chi connectivity index (χ4v) is 2.70. The molecule has 0 bridgehead atoms. The summed E-state index contributed by atoms with van der Waals surface area (Å²) >= 11 is 0. The molecule has 2 heterocycles. The van der Waals surface area contributed by atoms with Crippen molar-refractivity contribution < 1.29 is 4.79 Å². The van der Waals surface area contributed by atoms with Crippen molar-refractivity contribution in [2.45, 2.75) is 38.6 Å². The van der Waals surface area contributed by atoms with E-state index in [4.69, 9.17) is 5.73 Å². The van der Waals surface area contributed by atoms with Gasteiger partial charge in [-0.1, -0.05) is 13.8 Å². The maximum absolute atomic E-state index is 12.5. The number of carbonyl (C=O) groups is 1. The van der Waals surface area contributed by atoms with E-state index in [1.54, 1.807) is 0 Å². The summed E-state index contributed by atoms with van der Waals surface area (Å²) < 4.78 is 0. The van der Waals surface area contributed by atoms with Gasteiger partial charge in [-0.05, 0) is 32.9 Å². The Morgan fingerprint density at radius 2 is 2.00 bits per heavy atom. The largest absolute Gasteiger partial charge is 0.395 e. The number of aromatic nitrogens is 2. The molecule has 0 aliphatic carbocycles. The number of nitrogens with two attached hydrogens (primary N) is 1. The number of nitrogens with zero attached hydrogens (tertiary/aromatic N) is 3. The highest BCUT2D eigenvalue weighted by atomic mass is 16.2. The molecule has 1 amide bonds. The van der Waals surface area contributed by atoms with Crippen LogP contribution in [-0.4, -0.2) is 59.1 Å². The zero-order chi connectivity index (χ0) is 14.9. The fourth-order valence-electron chi connectivity index (χ4n) is 2.70. The van der Waals surface area contributed by atoms with Crippen molar-refractivity contribution in [1.82, 2.24) is 20.0 Å². The van der Waals surface area contributed by atoms with Crippen molar-refractivity contribution in [3.05, 3.63) is 11.4 Å². The van der Waals surface area contributed by atoms with Crippen LogP contribution in [0.5, 0.6) is 0 Å². The summed E-state index contributed by atoms with van der Waals surface area (Å²) in [4.78, 5) is 16.6. The Hall–Kier alpha value is -1.56. The molecule has 1 aromatic heterocycles. The Labute approximate surface area is 120 Å². The number of hydrogen-bond acceptors (Lipinski definition) is 4. The maximum Gasteiger partial charge on any atom is 0.276 e. The first kappa shape index (κ1) is 14.8. The summed E-state index contributed by atoms with van der Waals surface area (Å²) in [5.74, 6) is 0.186. The number of aromatic amines is 1. The van der Waals surface area contributed by atoms with E-state index >= 15 is 0 Å². The lowest BCUT2D eigenvalue weighted by Crippen LogP contribution is -2.44. The Balaban J connectivity index is 2.06. The minimum atomic E-state index is -0.0529. The molecule has 0 radical (unpaired) electrons. The number of rotatable bonds is 3. The molecule has 20 heavy (non-hydrogen) atoms. The van der Waals surface area contributed by atoms with Gasteiger partial charge in [0.1, 0.15) is 0 Å². The molecule has 112 valence electrons. The molecular formula is C14H25N5O. The number of hydrogen-bond donors (Lipinski definition) is 2. The molecule has 1 fully saturated rings. The molecule has 3 N–H and O–H groups in total. The van der Waals surface area contributed by atoms with Crippen LogP contribution in [0, 0.1) is 0 Å². The third kappa shape index (κ3) is 2.80. The van der Waals surface area contributed by atoms with Gasteiger partial charge in [0.25, 0.3) is 5.91 Å². The first-order valence-electron chi connectivity index (χ1n) is 7.21. The number of carbonyl (C=O) groups excluding carboxylic acids is 1. The first-order valence-corrected chi connectivity index (χ1v) is 7.21. The van der Waals surface area contributed by atoms with Crippen LogP contribution in [0.15, 0.2) is 0 Å². The second-order valence-electron chi connectivity index (χ2n) is 6.04. The minimum absolute atomic E-state index is 0.0529. The molecule has 0 unspecified atom stereocenters. The highest BCUT2D eigenvalue weighted by Crippen LogP contribution is 2.24. The average Bonchev–Trinajstić information content (AvgIpc) is 2.80. The van der Waals surface area contributed by atoms with Crippen molar-refractivity contribution in [3.63, 3.8) is 0 Å². The molecule has 1 aromatic rings. The van der Waals surface area contributed by atoms with Crippen molar-refractivity contribution in [3.8, 4) is 0 Å². The molecule has 0 saturated carbocycles. The van der Waals surface area contributed by atoms with Gasteiger partial charge in [0.2, 0.25) is 0 Å². The average molecular weight is 279 g/mol. The van der Waals surface area contributed by atoms with Crippen molar-refractivity contribution >= 4 is 11.6 Å². The van der Waals surface area contributed by atoms with Crippen LogP contribution in [0.25, 0.3) is 0 Å². The van der Waals surface area contributed by atoms with Crippen molar-refractivity contribution in [2.24, 2.45) is 0 Å². The van der Waals surface area contributed by atoms with Crippen LogP contribution in [0.1, 0.15) is 48.8 Å². The smallest absolute Gasteiger partial charge is 0.276 e. The zero-order valence-corrected chi connectivity index (χ0v) is 12.8. The highest BCUT2D eigenvalue weighted by Gasteiger charge is 2.28.